The summed E-state index contributed by atoms with van der Waals surface area (Å²) >= 11 is 0. The first kappa shape index (κ1) is 29.1. The van der Waals surface area contributed by atoms with E-state index in [0.717, 1.165) is 66.5 Å². The molecule has 0 N–H and O–H groups in total. The minimum Gasteiger partial charge on any atom is -0.455 e. The first-order chi connectivity index (χ1) is 25.2. The lowest BCUT2D eigenvalue weighted by Gasteiger charge is -2.12. The van der Waals surface area contributed by atoms with Gasteiger partial charge in [-0.2, -0.15) is 0 Å². The quantitative estimate of drug-likeness (QED) is 0.186. The molecular formula is C48H30N2O. The molecule has 0 aliphatic rings. The average Bonchev–Trinajstić information content (AvgIpc) is 3.58. The lowest BCUT2D eigenvalue weighted by molar-refractivity contribution is 0.670. The van der Waals surface area contributed by atoms with Gasteiger partial charge >= 0.3 is 0 Å². The second-order valence-corrected chi connectivity index (χ2v) is 13.0. The monoisotopic (exact) mass is 650 g/mol. The Morgan fingerprint density at radius 3 is 1.67 bits per heavy atom. The van der Waals surface area contributed by atoms with Crippen LogP contribution in [-0.4, -0.2) is 9.97 Å². The van der Waals surface area contributed by atoms with E-state index in [9.17, 15) is 0 Å². The van der Waals surface area contributed by atoms with Crippen LogP contribution >= 0.6 is 0 Å². The fourth-order valence-electron chi connectivity index (χ4n) is 7.28. The Morgan fingerprint density at radius 1 is 0.353 bits per heavy atom. The third kappa shape index (κ3) is 5.15. The highest BCUT2D eigenvalue weighted by Gasteiger charge is 2.20. The van der Waals surface area contributed by atoms with Crippen molar-refractivity contribution in [3.63, 3.8) is 0 Å². The zero-order valence-corrected chi connectivity index (χ0v) is 27.6. The van der Waals surface area contributed by atoms with Gasteiger partial charge in [0.05, 0.1) is 11.4 Å². The Morgan fingerprint density at radius 2 is 0.922 bits per heavy atom. The van der Waals surface area contributed by atoms with E-state index in [-0.39, 0.29) is 0 Å². The first-order valence-electron chi connectivity index (χ1n) is 17.2. The highest BCUT2D eigenvalue weighted by atomic mass is 16.3. The maximum atomic E-state index is 6.87. The number of fused-ring (bicyclic) bond motifs is 5. The second-order valence-electron chi connectivity index (χ2n) is 13.0. The Bertz CT molecular complexity index is 2830. The summed E-state index contributed by atoms with van der Waals surface area (Å²) < 4.78 is 6.87. The third-order valence-electron chi connectivity index (χ3n) is 9.87. The summed E-state index contributed by atoms with van der Waals surface area (Å²) in [5.74, 6) is 0.676. The van der Waals surface area contributed by atoms with Crippen LogP contribution in [0.3, 0.4) is 0 Å². The molecule has 3 heteroatoms. The van der Waals surface area contributed by atoms with Gasteiger partial charge in [-0.15, -0.1) is 0 Å². The van der Waals surface area contributed by atoms with Crippen molar-refractivity contribution in [2.75, 3.05) is 0 Å². The van der Waals surface area contributed by atoms with Gasteiger partial charge in [0, 0.05) is 27.5 Å². The van der Waals surface area contributed by atoms with Crippen LogP contribution in [0.25, 0.3) is 99.6 Å². The molecule has 51 heavy (non-hydrogen) atoms. The second kappa shape index (κ2) is 11.9. The van der Waals surface area contributed by atoms with Gasteiger partial charge in [-0.1, -0.05) is 152 Å². The van der Waals surface area contributed by atoms with E-state index in [2.05, 4.69) is 146 Å². The van der Waals surface area contributed by atoms with Crippen molar-refractivity contribution < 1.29 is 4.42 Å². The van der Waals surface area contributed by atoms with Crippen LogP contribution in [0.15, 0.2) is 186 Å². The minimum atomic E-state index is 0.676. The molecule has 10 aromatic rings. The van der Waals surface area contributed by atoms with Gasteiger partial charge in [-0.25, -0.2) is 9.97 Å². The average molecular weight is 651 g/mol. The fraction of sp³-hybridized carbons (Fsp3) is 0. The third-order valence-corrected chi connectivity index (χ3v) is 9.87. The molecule has 238 valence electrons. The van der Waals surface area contributed by atoms with Crippen molar-refractivity contribution in [3.8, 4) is 56.2 Å². The van der Waals surface area contributed by atoms with Crippen LogP contribution in [0.4, 0.5) is 0 Å². The van der Waals surface area contributed by atoms with E-state index in [1.54, 1.807) is 0 Å². The van der Waals surface area contributed by atoms with Gasteiger partial charge in [0.2, 0.25) is 0 Å². The maximum absolute atomic E-state index is 6.87. The highest BCUT2D eigenvalue weighted by Crippen LogP contribution is 2.43. The molecule has 0 fully saturated rings. The van der Waals surface area contributed by atoms with Gasteiger partial charge in [0.1, 0.15) is 11.2 Å². The van der Waals surface area contributed by atoms with E-state index < -0.39 is 0 Å². The largest absolute Gasteiger partial charge is 0.455 e. The van der Waals surface area contributed by atoms with Crippen molar-refractivity contribution in [3.05, 3.63) is 182 Å². The minimum absolute atomic E-state index is 0.676. The predicted molar refractivity (Wildman–Crippen MR) is 212 cm³/mol. The lowest BCUT2D eigenvalue weighted by atomic mass is 9.93. The lowest BCUT2D eigenvalue weighted by Crippen LogP contribution is -1.96. The van der Waals surface area contributed by atoms with Crippen LogP contribution in [0, 0.1) is 0 Å². The van der Waals surface area contributed by atoms with Crippen molar-refractivity contribution in [2.45, 2.75) is 0 Å². The summed E-state index contributed by atoms with van der Waals surface area (Å²) in [4.78, 5) is 10.2. The SMILES string of the molecule is c1ccc(-c2cc(-c3ccc(-c4ccc(-c5ccc6ccccc6c5)cc4)c4c3oc3cc5ccccc5cc34)nc(-c3ccccc3)n2)cc1. The molecule has 3 nitrogen and oxygen atoms in total. The summed E-state index contributed by atoms with van der Waals surface area (Å²) in [6, 6.07) is 63.9. The summed E-state index contributed by atoms with van der Waals surface area (Å²) in [5.41, 5.74) is 10.9. The Hall–Kier alpha value is -6.84. The molecule has 2 aromatic heterocycles. The number of nitrogens with zero attached hydrogens (tertiary/aromatic N) is 2. The number of rotatable bonds is 5. The van der Waals surface area contributed by atoms with E-state index in [4.69, 9.17) is 14.4 Å². The van der Waals surface area contributed by atoms with Crippen LogP contribution < -0.4 is 0 Å². The number of furan rings is 1. The van der Waals surface area contributed by atoms with Crippen molar-refractivity contribution in [1.29, 1.82) is 0 Å². The van der Waals surface area contributed by atoms with Gasteiger partial charge < -0.3 is 4.42 Å². The molecule has 8 aromatic carbocycles. The van der Waals surface area contributed by atoms with Gasteiger partial charge in [-0.3, -0.25) is 0 Å². The molecule has 0 bridgehead atoms. The molecule has 0 saturated heterocycles. The van der Waals surface area contributed by atoms with Crippen LogP contribution in [0.2, 0.25) is 0 Å². The molecule has 0 aliphatic heterocycles. The molecule has 0 spiro atoms. The normalized spacial score (nSPS) is 11.5. The van der Waals surface area contributed by atoms with Crippen molar-refractivity contribution in [1.82, 2.24) is 9.97 Å². The predicted octanol–water partition coefficient (Wildman–Crippen LogP) is 13.0. The Balaban J connectivity index is 1.18. The zero-order chi connectivity index (χ0) is 33.7. The molecule has 2 heterocycles. The van der Waals surface area contributed by atoms with E-state index >= 15 is 0 Å². The summed E-state index contributed by atoms with van der Waals surface area (Å²) in [6.45, 7) is 0. The highest BCUT2D eigenvalue weighted by molar-refractivity contribution is 6.18. The topological polar surface area (TPSA) is 38.9 Å². The van der Waals surface area contributed by atoms with Gasteiger partial charge in [0.15, 0.2) is 5.82 Å². The Labute approximate surface area is 295 Å². The van der Waals surface area contributed by atoms with Crippen LogP contribution in [-0.2, 0) is 0 Å². The molecule has 0 radical (unpaired) electrons. The molecule has 0 aliphatic carbocycles. The summed E-state index contributed by atoms with van der Waals surface area (Å²) in [7, 11) is 0. The molecule has 10 rings (SSSR count). The van der Waals surface area contributed by atoms with Gasteiger partial charge in [0.25, 0.3) is 0 Å². The standard InChI is InChI=1S/C48H30N2O/c1-3-12-34(13-4-1)43-30-44(50-48(49-43)35-14-5-2-6-15-35)41-26-25-40(46-42-28-37-17-9-10-18-38(37)29-45(42)51-47(41)46)33-22-19-32(20-23-33)39-24-21-31-11-7-8-16-36(31)27-39/h1-30H. The van der Waals surface area contributed by atoms with E-state index in [0.29, 0.717) is 5.82 Å². The number of hydrogen-bond acceptors (Lipinski definition) is 3. The number of hydrogen-bond donors (Lipinski definition) is 0. The molecule has 0 amide bonds. The van der Waals surface area contributed by atoms with Crippen molar-refractivity contribution in [2.24, 2.45) is 0 Å². The molecule has 0 atom stereocenters. The number of aromatic nitrogens is 2. The first-order valence-corrected chi connectivity index (χ1v) is 17.2. The molecular weight excluding hydrogens is 621 g/mol. The maximum Gasteiger partial charge on any atom is 0.160 e. The smallest absolute Gasteiger partial charge is 0.160 e. The Kier molecular flexibility index (Phi) is 6.81. The van der Waals surface area contributed by atoms with E-state index in [1.807, 2.05) is 36.4 Å². The van der Waals surface area contributed by atoms with Crippen LogP contribution in [0.5, 0.6) is 0 Å². The number of benzene rings is 8. The van der Waals surface area contributed by atoms with E-state index in [1.165, 1.54) is 27.3 Å². The van der Waals surface area contributed by atoms with Crippen molar-refractivity contribution >= 4 is 43.5 Å². The summed E-state index contributed by atoms with van der Waals surface area (Å²) in [5, 5.41) is 6.97. The molecule has 0 saturated carbocycles. The van der Waals surface area contributed by atoms with Crippen LogP contribution in [0.1, 0.15) is 0 Å². The van der Waals surface area contributed by atoms with Gasteiger partial charge in [-0.05, 0) is 74.1 Å². The zero-order valence-electron chi connectivity index (χ0n) is 27.6. The summed E-state index contributed by atoms with van der Waals surface area (Å²) in [6.07, 6.45) is 0. The molecule has 0 unspecified atom stereocenters. The fourth-order valence-corrected chi connectivity index (χ4v) is 7.28.